The maximum Gasteiger partial charge on any atom is 0.146 e. The van der Waals surface area contributed by atoms with Crippen molar-refractivity contribution in [3.05, 3.63) is 66.0 Å². The molecule has 6 rings (SSSR count). The molecule has 2 aromatic carbocycles. The minimum Gasteiger partial charge on any atom is -0.494 e. The van der Waals surface area contributed by atoms with Gasteiger partial charge in [0, 0.05) is 25.4 Å². The van der Waals surface area contributed by atoms with Crippen molar-refractivity contribution in [3.8, 4) is 5.75 Å². The molecule has 0 radical (unpaired) electrons. The van der Waals surface area contributed by atoms with Crippen molar-refractivity contribution in [1.82, 2.24) is 14.9 Å². The predicted octanol–water partition coefficient (Wildman–Crippen LogP) is 4.68. The first-order valence-corrected chi connectivity index (χ1v) is 11.8. The van der Waals surface area contributed by atoms with Gasteiger partial charge in [0.1, 0.15) is 17.1 Å². The Hall–Kier alpha value is -2.63. The third-order valence-electron chi connectivity index (χ3n) is 7.45. The zero-order chi connectivity index (χ0) is 22.1. The van der Waals surface area contributed by atoms with Crippen molar-refractivity contribution >= 4 is 16.6 Å². The molecule has 0 saturated heterocycles. The van der Waals surface area contributed by atoms with E-state index in [4.69, 9.17) is 9.72 Å². The maximum atomic E-state index is 11.5. The van der Waals surface area contributed by atoms with E-state index in [0.717, 1.165) is 61.4 Å². The van der Waals surface area contributed by atoms with Gasteiger partial charge in [-0.25, -0.2) is 4.98 Å². The third-order valence-corrected chi connectivity index (χ3v) is 7.45. The third kappa shape index (κ3) is 4.07. The summed E-state index contributed by atoms with van der Waals surface area (Å²) in [5.74, 6) is 2.51. The molecule has 2 unspecified atom stereocenters. The van der Waals surface area contributed by atoms with Gasteiger partial charge in [0.25, 0.3) is 0 Å². The second-order valence-corrected chi connectivity index (χ2v) is 9.52. The average molecular weight is 432 g/mol. The number of allylic oxidation sites excluding steroid dienone is 1. The number of para-hydroxylation sites is 1. The molecule has 168 valence electrons. The van der Waals surface area contributed by atoms with E-state index in [0.29, 0.717) is 5.92 Å². The second kappa shape index (κ2) is 8.72. The molecule has 32 heavy (non-hydrogen) atoms. The number of rotatable bonds is 8. The van der Waals surface area contributed by atoms with Crippen LogP contribution in [0.2, 0.25) is 0 Å². The van der Waals surface area contributed by atoms with Crippen LogP contribution in [-0.2, 0) is 6.42 Å². The summed E-state index contributed by atoms with van der Waals surface area (Å²) in [5, 5.41) is 11.5. The van der Waals surface area contributed by atoms with Gasteiger partial charge in [-0.1, -0.05) is 42.5 Å². The minimum atomic E-state index is -0.581. The van der Waals surface area contributed by atoms with E-state index in [2.05, 4.69) is 53.3 Å². The van der Waals surface area contributed by atoms with Crippen LogP contribution in [0.5, 0.6) is 5.75 Å². The summed E-state index contributed by atoms with van der Waals surface area (Å²) in [6.45, 7) is 1.79. The number of hydrogen-bond donors (Lipinski definition) is 2. The first-order chi connectivity index (χ1) is 15.6. The lowest BCUT2D eigenvalue weighted by Crippen LogP contribution is -2.48. The molecule has 1 fully saturated rings. The van der Waals surface area contributed by atoms with Crippen molar-refractivity contribution < 1.29 is 9.84 Å². The number of methoxy groups -OCH3 is 1. The summed E-state index contributed by atoms with van der Waals surface area (Å²) in [6, 6.07) is 16.6. The number of nitrogens with zero attached hydrogens (tertiary/aromatic N) is 2. The molecular formula is C27H33N3O2. The second-order valence-electron chi connectivity index (χ2n) is 9.52. The van der Waals surface area contributed by atoms with Gasteiger partial charge in [-0.3, -0.25) is 0 Å². The Kier molecular flexibility index (Phi) is 5.78. The van der Waals surface area contributed by atoms with Crippen molar-refractivity contribution in [2.24, 2.45) is 11.8 Å². The highest BCUT2D eigenvalue weighted by atomic mass is 16.5. The summed E-state index contributed by atoms with van der Waals surface area (Å²) < 4.78 is 5.42. The van der Waals surface area contributed by atoms with Gasteiger partial charge in [0.15, 0.2) is 0 Å². The molecular weight excluding hydrogens is 398 g/mol. The Morgan fingerprint density at radius 3 is 2.72 bits per heavy atom. The zero-order valence-electron chi connectivity index (χ0n) is 19.1. The normalized spacial score (nSPS) is 24.8. The van der Waals surface area contributed by atoms with Gasteiger partial charge in [0.05, 0.1) is 18.2 Å². The number of H-pyrrole nitrogens is 1. The Bertz CT molecular complexity index is 1110. The topological polar surface area (TPSA) is 61.4 Å². The van der Waals surface area contributed by atoms with Gasteiger partial charge in [-0.2, -0.15) is 0 Å². The quantitative estimate of drug-likeness (QED) is 0.544. The number of aromatic nitrogens is 2. The fourth-order valence-electron chi connectivity index (χ4n) is 5.57. The Labute approximate surface area is 190 Å². The van der Waals surface area contributed by atoms with Gasteiger partial charge >= 0.3 is 0 Å². The molecule has 1 aromatic heterocycles. The molecule has 2 N–H and O–H groups in total. The average Bonchev–Trinajstić information content (AvgIpc) is 3.25. The first kappa shape index (κ1) is 21.2. The van der Waals surface area contributed by atoms with E-state index in [1.165, 1.54) is 17.6 Å². The Morgan fingerprint density at radius 1 is 1.12 bits per heavy atom. The van der Waals surface area contributed by atoms with Crippen LogP contribution >= 0.6 is 0 Å². The molecule has 3 aliphatic rings. The van der Waals surface area contributed by atoms with Crippen LogP contribution in [0.1, 0.15) is 37.1 Å². The van der Waals surface area contributed by atoms with E-state index in [-0.39, 0.29) is 5.92 Å². The number of ether oxygens (including phenoxy) is 1. The van der Waals surface area contributed by atoms with Crippen molar-refractivity contribution in [3.63, 3.8) is 0 Å². The molecule has 0 amide bonds. The largest absolute Gasteiger partial charge is 0.494 e. The number of imidazole rings is 1. The number of likely N-dealkylation sites (N-methyl/N-ethyl adjacent to an activating group) is 1. The monoisotopic (exact) mass is 431 g/mol. The van der Waals surface area contributed by atoms with Crippen LogP contribution < -0.4 is 4.74 Å². The molecule has 2 bridgehead atoms. The lowest BCUT2D eigenvalue weighted by atomic mass is 9.61. The maximum absolute atomic E-state index is 11.5. The predicted molar refractivity (Wildman–Crippen MR) is 129 cm³/mol. The van der Waals surface area contributed by atoms with Crippen LogP contribution in [-0.4, -0.2) is 52.8 Å². The standard InChI is InChI=1S/C27H33N3O2/c1-30(15-13-25-28-23-9-6-10-24(32-2)26(23)29-25)16-14-27(31)18-20-11-12-21(27)17-22(20)19-7-4-3-5-8-19/h3-10,17,20-21,31H,11-16,18H2,1-2H3,(H,28,29)/t20-,21?,27?/m0/s1. The number of benzene rings is 2. The molecule has 3 aromatic rings. The summed E-state index contributed by atoms with van der Waals surface area (Å²) in [6.07, 6.45) is 7.21. The van der Waals surface area contributed by atoms with Gasteiger partial charge in [-0.15, -0.1) is 0 Å². The number of nitrogens with one attached hydrogen (secondary N) is 1. The summed E-state index contributed by atoms with van der Waals surface area (Å²) in [4.78, 5) is 10.4. The van der Waals surface area contributed by atoms with Gasteiger partial charge in [0.2, 0.25) is 0 Å². The molecule has 3 atom stereocenters. The zero-order valence-corrected chi connectivity index (χ0v) is 19.1. The fraction of sp³-hybridized carbons (Fsp3) is 0.444. The highest BCUT2D eigenvalue weighted by Crippen LogP contribution is 2.51. The SMILES string of the molecule is COc1cccc2[nH]c(CCN(C)CCC3(O)C[C@@H]4CCC3C=C4c3ccccc3)nc12. The number of aliphatic hydroxyl groups is 1. The van der Waals surface area contributed by atoms with E-state index in [9.17, 15) is 5.11 Å². The van der Waals surface area contributed by atoms with Gasteiger partial charge in [-0.05, 0) is 61.9 Å². The fourth-order valence-corrected chi connectivity index (χ4v) is 5.57. The number of fused-ring (bicyclic) bond motifs is 3. The van der Waals surface area contributed by atoms with E-state index >= 15 is 0 Å². The molecule has 3 aliphatic carbocycles. The Morgan fingerprint density at radius 2 is 1.97 bits per heavy atom. The van der Waals surface area contributed by atoms with E-state index in [1.807, 2.05) is 18.2 Å². The van der Waals surface area contributed by atoms with Crippen molar-refractivity contribution in [2.45, 2.75) is 37.7 Å². The highest BCUT2D eigenvalue weighted by Gasteiger charge is 2.46. The highest BCUT2D eigenvalue weighted by molar-refractivity contribution is 5.81. The lowest BCUT2D eigenvalue weighted by molar-refractivity contribution is -0.0574. The molecule has 1 saturated carbocycles. The molecule has 5 heteroatoms. The molecule has 0 spiro atoms. The van der Waals surface area contributed by atoms with Crippen LogP contribution in [0.3, 0.4) is 0 Å². The van der Waals surface area contributed by atoms with E-state index in [1.54, 1.807) is 7.11 Å². The van der Waals surface area contributed by atoms with Crippen LogP contribution in [0.4, 0.5) is 0 Å². The molecule has 5 nitrogen and oxygen atoms in total. The van der Waals surface area contributed by atoms with Gasteiger partial charge < -0.3 is 19.7 Å². The molecule has 0 aliphatic heterocycles. The summed E-state index contributed by atoms with van der Waals surface area (Å²) in [7, 11) is 3.82. The molecule has 1 heterocycles. The van der Waals surface area contributed by atoms with Crippen LogP contribution in [0.15, 0.2) is 54.6 Å². The smallest absolute Gasteiger partial charge is 0.146 e. The summed E-state index contributed by atoms with van der Waals surface area (Å²) >= 11 is 0. The number of aromatic amines is 1. The minimum absolute atomic E-state index is 0.263. The summed E-state index contributed by atoms with van der Waals surface area (Å²) in [5.41, 5.74) is 4.09. The van der Waals surface area contributed by atoms with Crippen molar-refractivity contribution in [2.75, 3.05) is 27.2 Å². The number of hydrogen-bond acceptors (Lipinski definition) is 4. The van der Waals surface area contributed by atoms with Crippen molar-refractivity contribution in [1.29, 1.82) is 0 Å². The Balaban J connectivity index is 1.19. The van der Waals surface area contributed by atoms with E-state index < -0.39 is 5.60 Å². The van der Waals surface area contributed by atoms with Crippen LogP contribution in [0, 0.1) is 11.8 Å². The lowest BCUT2D eigenvalue weighted by Gasteiger charge is -2.48. The van der Waals surface area contributed by atoms with Crippen LogP contribution in [0.25, 0.3) is 16.6 Å². The first-order valence-electron chi connectivity index (χ1n) is 11.8.